The van der Waals surface area contributed by atoms with Crippen molar-refractivity contribution in [3.05, 3.63) is 42.3 Å². The second-order valence-electron chi connectivity index (χ2n) is 3.14. The van der Waals surface area contributed by atoms with E-state index in [9.17, 15) is 5.11 Å². The molecule has 2 aromatic rings. The molecule has 0 spiro atoms. The maximum absolute atomic E-state index is 9.52. The molecular formula is C11H11NO2. The number of aryl methyl sites for hydroxylation is 1. The summed E-state index contributed by atoms with van der Waals surface area (Å²) in [5, 5.41) is 9.52. The molecule has 0 fully saturated rings. The Kier molecular flexibility index (Phi) is 2.09. The van der Waals surface area contributed by atoms with Crippen LogP contribution >= 0.6 is 0 Å². The van der Waals surface area contributed by atoms with E-state index in [1.54, 1.807) is 13.0 Å². The van der Waals surface area contributed by atoms with Gasteiger partial charge in [0.25, 0.3) is 0 Å². The predicted molar refractivity (Wildman–Crippen MR) is 53.9 cm³/mol. The monoisotopic (exact) mass is 189 g/mol. The van der Waals surface area contributed by atoms with Gasteiger partial charge in [-0.15, -0.1) is 6.58 Å². The van der Waals surface area contributed by atoms with E-state index in [0.29, 0.717) is 11.5 Å². The molecule has 0 bridgehead atoms. The standard InChI is InChI=1S/C11H11NO2/c1-3-10(13)8-4-5-9-11(6-8)14-7(2)12-9/h3-6,10,13H,1H2,2H3. The predicted octanol–water partition coefficient (Wildman–Crippen LogP) is 2.36. The fraction of sp³-hybridized carbons (Fsp3) is 0.182. The maximum atomic E-state index is 9.52. The zero-order chi connectivity index (χ0) is 10.1. The average molecular weight is 189 g/mol. The van der Waals surface area contributed by atoms with Gasteiger partial charge in [-0.2, -0.15) is 0 Å². The molecule has 14 heavy (non-hydrogen) atoms. The smallest absolute Gasteiger partial charge is 0.192 e. The molecule has 72 valence electrons. The summed E-state index contributed by atoms with van der Waals surface area (Å²) in [7, 11) is 0. The Bertz CT molecular complexity index is 473. The van der Waals surface area contributed by atoms with Gasteiger partial charge in [0.2, 0.25) is 0 Å². The third kappa shape index (κ3) is 1.42. The fourth-order valence-corrected chi connectivity index (χ4v) is 1.38. The van der Waals surface area contributed by atoms with Crippen LogP contribution in [0.4, 0.5) is 0 Å². The highest BCUT2D eigenvalue weighted by Crippen LogP contribution is 2.21. The summed E-state index contributed by atoms with van der Waals surface area (Å²) < 4.78 is 5.35. The van der Waals surface area contributed by atoms with Crippen LogP contribution in [0, 0.1) is 6.92 Å². The van der Waals surface area contributed by atoms with E-state index in [4.69, 9.17) is 4.42 Å². The summed E-state index contributed by atoms with van der Waals surface area (Å²) in [6, 6.07) is 5.42. The van der Waals surface area contributed by atoms with Crippen molar-refractivity contribution in [1.82, 2.24) is 4.98 Å². The van der Waals surface area contributed by atoms with Crippen LogP contribution in [0.1, 0.15) is 17.6 Å². The number of oxazole rings is 1. The normalized spacial score (nSPS) is 13.0. The molecular weight excluding hydrogens is 178 g/mol. The lowest BCUT2D eigenvalue weighted by Gasteiger charge is -2.03. The second-order valence-corrected chi connectivity index (χ2v) is 3.14. The van der Waals surface area contributed by atoms with Gasteiger partial charge in [0.05, 0.1) is 6.10 Å². The summed E-state index contributed by atoms with van der Waals surface area (Å²) in [6.07, 6.45) is 0.828. The lowest BCUT2D eigenvalue weighted by Crippen LogP contribution is -1.91. The number of rotatable bonds is 2. The summed E-state index contributed by atoms with van der Waals surface area (Å²) in [4.78, 5) is 4.17. The van der Waals surface area contributed by atoms with Crippen molar-refractivity contribution in [1.29, 1.82) is 0 Å². The molecule has 0 saturated heterocycles. The quantitative estimate of drug-likeness (QED) is 0.737. The third-order valence-corrected chi connectivity index (χ3v) is 2.08. The number of nitrogens with zero attached hydrogens (tertiary/aromatic N) is 1. The highest BCUT2D eigenvalue weighted by Gasteiger charge is 2.06. The summed E-state index contributed by atoms with van der Waals surface area (Å²) in [6.45, 7) is 5.32. The van der Waals surface area contributed by atoms with E-state index >= 15 is 0 Å². The van der Waals surface area contributed by atoms with Crippen molar-refractivity contribution in [3.8, 4) is 0 Å². The first-order chi connectivity index (χ1) is 6.70. The Morgan fingerprint density at radius 1 is 1.57 bits per heavy atom. The van der Waals surface area contributed by atoms with Crippen LogP contribution in [-0.4, -0.2) is 10.1 Å². The van der Waals surface area contributed by atoms with E-state index < -0.39 is 6.10 Å². The Hall–Kier alpha value is -1.61. The fourth-order valence-electron chi connectivity index (χ4n) is 1.38. The van der Waals surface area contributed by atoms with Gasteiger partial charge in [0.1, 0.15) is 5.52 Å². The molecule has 0 saturated carbocycles. The number of aromatic nitrogens is 1. The van der Waals surface area contributed by atoms with Gasteiger partial charge < -0.3 is 9.52 Å². The van der Waals surface area contributed by atoms with Crippen molar-refractivity contribution in [2.24, 2.45) is 0 Å². The van der Waals surface area contributed by atoms with E-state index in [1.165, 1.54) is 6.08 Å². The molecule has 1 aromatic carbocycles. The highest BCUT2D eigenvalue weighted by molar-refractivity contribution is 5.73. The lowest BCUT2D eigenvalue weighted by molar-refractivity contribution is 0.229. The van der Waals surface area contributed by atoms with Crippen molar-refractivity contribution in [3.63, 3.8) is 0 Å². The lowest BCUT2D eigenvalue weighted by atomic mass is 10.1. The molecule has 3 nitrogen and oxygen atoms in total. The number of benzene rings is 1. The largest absolute Gasteiger partial charge is 0.441 e. The van der Waals surface area contributed by atoms with Gasteiger partial charge in [0.15, 0.2) is 11.5 Å². The first-order valence-corrected chi connectivity index (χ1v) is 4.38. The van der Waals surface area contributed by atoms with Crippen LogP contribution in [0.3, 0.4) is 0 Å². The van der Waals surface area contributed by atoms with E-state index in [-0.39, 0.29) is 0 Å². The third-order valence-electron chi connectivity index (χ3n) is 2.08. The summed E-state index contributed by atoms with van der Waals surface area (Å²) >= 11 is 0. The number of aliphatic hydroxyl groups is 1. The molecule has 1 atom stereocenters. The molecule has 0 aliphatic carbocycles. The summed E-state index contributed by atoms with van der Waals surface area (Å²) in [5.41, 5.74) is 2.27. The van der Waals surface area contributed by atoms with Crippen molar-refractivity contribution >= 4 is 11.1 Å². The molecule has 0 radical (unpaired) electrons. The molecule has 0 aliphatic heterocycles. The minimum atomic E-state index is -0.648. The Labute approximate surface area is 81.7 Å². The zero-order valence-corrected chi connectivity index (χ0v) is 7.90. The first kappa shape index (κ1) is 8.97. The van der Waals surface area contributed by atoms with E-state index in [0.717, 1.165) is 11.1 Å². The molecule has 1 heterocycles. The molecule has 2 rings (SSSR count). The van der Waals surface area contributed by atoms with Gasteiger partial charge >= 0.3 is 0 Å². The first-order valence-electron chi connectivity index (χ1n) is 4.38. The topological polar surface area (TPSA) is 46.3 Å². The highest BCUT2D eigenvalue weighted by atomic mass is 16.3. The van der Waals surface area contributed by atoms with Gasteiger partial charge in [-0.05, 0) is 17.7 Å². The van der Waals surface area contributed by atoms with Crippen molar-refractivity contribution in [2.45, 2.75) is 13.0 Å². The molecule has 1 aromatic heterocycles. The van der Waals surface area contributed by atoms with Crippen LogP contribution < -0.4 is 0 Å². The van der Waals surface area contributed by atoms with Crippen LogP contribution in [0.5, 0.6) is 0 Å². The van der Waals surface area contributed by atoms with E-state index in [2.05, 4.69) is 11.6 Å². The molecule has 0 aliphatic rings. The number of hydrogen-bond acceptors (Lipinski definition) is 3. The Morgan fingerprint density at radius 3 is 3.07 bits per heavy atom. The van der Waals surface area contributed by atoms with Crippen molar-refractivity contribution in [2.75, 3.05) is 0 Å². The molecule has 0 amide bonds. The summed E-state index contributed by atoms with van der Waals surface area (Å²) in [5.74, 6) is 0.630. The maximum Gasteiger partial charge on any atom is 0.192 e. The van der Waals surface area contributed by atoms with Gasteiger partial charge in [-0.3, -0.25) is 0 Å². The second kappa shape index (κ2) is 3.27. The number of hydrogen-bond donors (Lipinski definition) is 1. The van der Waals surface area contributed by atoms with Crippen LogP contribution in [0.25, 0.3) is 11.1 Å². The SMILES string of the molecule is C=CC(O)c1ccc2nc(C)oc2c1. The zero-order valence-electron chi connectivity index (χ0n) is 7.90. The molecule has 1 unspecified atom stereocenters. The Balaban J connectivity index is 2.55. The van der Waals surface area contributed by atoms with Crippen LogP contribution in [0.15, 0.2) is 35.3 Å². The molecule has 1 N–H and O–H groups in total. The number of aliphatic hydroxyl groups excluding tert-OH is 1. The van der Waals surface area contributed by atoms with Gasteiger partial charge in [0, 0.05) is 6.92 Å². The van der Waals surface area contributed by atoms with Gasteiger partial charge in [-0.1, -0.05) is 12.1 Å². The average Bonchev–Trinajstić information content (AvgIpc) is 2.55. The van der Waals surface area contributed by atoms with Gasteiger partial charge in [-0.25, -0.2) is 4.98 Å². The van der Waals surface area contributed by atoms with Crippen LogP contribution in [0.2, 0.25) is 0 Å². The Morgan fingerprint density at radius 2 is 2.36 bits per heavy atom. The molecule has 3 heteroatoms. The minimum Gasteiger partial charge on any atom is -0.441 e. The number of fused-ring (bicyclic) bond motifs is 1. The van der Waals surface area contributed by atoms with Crippen LogP contribution in [-0.2, 0) is 0 Å². The van der Waals surface area contributed by atoms with E-state index in [1.807, 2.05) is 12.1 Å². The minimum absolute atomic E-state index is 0.630. The van der Waals surface area contributed by atoms with Crippen molar-refractivity contribution < 1.29 is 9.52 Å².